The van der Waals surface area contributed by atoms with E-state index in [0.29, 0.717) is 5.92 Å². The van der Waals surface area contributed by atoms with Gasteiger partial charge in [0, 0.05) is 18.7 Å². The highest BCUT2D eigenvalue weighted by Gasteiger charge is 2.25. The van der Waals surface area contributed by atoms with Crippen LogP contribution in [0, 0.1) is 11.8 Å². The van der Waals surface area contributed by atoms with Gasteiger partial charge in [-0.2, -0.15) is 0 Å². The quantitative estimate of drug-likeness (QED) is 0.631. The Kier molecular flexibility index (Phi) is 4.01. The molecule has 2 heterocycles. The summed E-state index contributed by atoms with van der Waals surface area (Å²) in [5, 5.41) is 0. The Labute approximate surface area is 109 Å². The summed E-state index contributed by atoms with van der Waals surface area (Å²) in [6.07, 6.45) is 3.70. The molecule has 0 saturated carbocycles. The Balaban J connectivity index is 2.28. The van der Waals surface area contributed by atoms with Gasteiger partial charge in [-0.15, -0.1) is 0 Å². The fourth-order valence-corrected chi connectivity index (χ4v) is 2.58. The molecule has 18 heavy (non-hydrogen) atoms. The Morgan fingerprint density at radius 3 is 2.78 bits per heavy atom. The van der Waals surface area contributed by atoms with Gasteiger partial charge in [0.25, 0.3) is 0 Å². The van der Waals surface area contributed by atoms with E-state index in [-0.39, 0.29) is 0 Å². The molecule has 5 nitrogen and oxygen atoms in total. The second kappa shape index (κ2) is 5.52. The van der Waals surface area contributed by atoms with E-state index < -0.39 is 0 Å². The third-order valence-electron chi connectivity index (χ3n) is 4.05. The third kappa shape index (κ3) is 2.41. The van der Waals surface area contributed by atoms with Gasteiger partial charge in [-0.05, 0) is 24.7 Å². The standard InChI is InChI=1S/C13H23N5/c1-4-11-12(17-14)15-8-16-13(11)18-6-5-9(2)10(3)7-18/h8-10H,4-7,14H2,1-3H3,(H,15,16,17). The Hall–Kier alpha value is -1.36. The number of anilines is 2. The predicted molar refractivity (Wildman–Crippen MR) is 74.4 cm³/mol. The number of rotatable bonds is 3. The van der Waals surface area contributed by atoms with Crippen LogP contribution in [0.25, 0.3) is 0 Å². The number of nitrogens with two attached hydrogens (primary N) is 1. The minimum Gasteiger partial charge on any atom is -0.356 e. The van der Waals surface area contributed by atoms with Crippen LogP contribution in [0.2, 0.25) is 0 Å². The molecule has 2 rings (SSSR count). The van der Waals surface area contributed by atoms with Gasteiger partial charge in [0.2, 0.25) is 0 Å². The largest absolute Gasteiger partial charge is 0.356 e. The number of aromatic nitrogens is 2. The van der Waals surface area contributed by atoms with Crippen LogP contribution in [0.4, 0.5) is 11.6 Å². The fourth-order valence-electron chi connectivity index (χ4n) is 2.58. The lowest BCUT2D eigenvalue weighted by molar-refractivity contribution is 0.322. The second-order valence-electron chi connectivity index (χ2n) is 5.21. The fraction of sp³-hybridized carbons (Fsp3) is 0.692. The Morgan fingerprint density at radius 1 is 1.39 bits per heavy atom. The topological polar surface area (TPSA) is 67.1 Å². The van der Waals surface area contributed by atoms with Crippen LogP contribution in [0.1, 0.15) is 32.8 Å². The first-order valence-corrected chi connectivity index (χ1v) is 6.72. The molecule has 1 saturated heterocycles. The van der Waals surface area contributed by atoms with Crippen LogP contribution in [0.15, 0.2) is 6.33 Å². The van der Waals surface area contributed by atoms with Crippen molar-refractivity contribution in [2.45, 2.75) is 33.6 Å². The number of nitrogens with zero attached hydrogens (tertiary/aromatic N) is 3. The molecule has 100 valence electrons. The first-order valence-electron chi connectivity index (χ1n) is 6.72. The molecule has 1 aliphatic heterocycles. The summed E-state index contributed by atoms with van der Waals surface area (Å²) in [7, 11) is 0. The van der Waals surface area contributed by atoms with E-state index in [4.69, 9.17) is 5.84 Å². The Morgan fingerprint density at radius 2 is 2.17 bits per heavy atom. The molecule has 2 unspecified atom stereocenters. The first-order chi connectivity index (χ1) is 8.67. The first kappa shape index (κ1) is 13.1. The van der Waals surface area contributed by atoms with Crippen molar-refractivity contribution < 1.29 is 0 Å². The molecule has 0 amide bonds. The number of nitrogens with one attached hydrogen (secondary N) is 1. The molecular formula is C13H23N5. The predicted octanol–water partition coefficient (Wildman–Crippen LogP) is 1.81. The lowest BCUT2D eigenvalue weighted by atomic mass is 9.88. The van der Waals surface area contributed by atoms with E-state index in [9.17, 15) is 0 Å². The number of hydrogen-bond acceptors (Lipinski definition) is 5. The van der Waals surface area contributed by atoms with Crippen LogP contribution in [-0.2, 0) is 6.42 Å². The average Bonchev–Trinajstić information content (AvgIpc) is 2.40. The van der Waals surface area contributed by atoms with Gasteiger partial charge >= 0.3 is 0 Å². The van der Waals surface area contributed by atoms with E-state index in [0.717, 1.165) is 42.6 Å². The average molecular weight is 249 g/mol. The molecule has 1 fully saturated rings. The third-order valence-corrected chi connectivity index (χ3v) is 4.05. The minimum absolute atomic E-state index is 0.702. The SMILES string of the molecule is CCc1c(NN)ncnc1N1CCC(C)C(C)C1. The molecule has 5 heteroatoms. The summed E-state index contributed by atoms with van der Waals surface area (Å²) < 4.78 is 0. The summed E-state index contributed by atoms with van der Waals surface area (Å²) in [5.74, 6) is 8.79. The van der Waals surface area contributed by atoms with Crippen molar-refractivity contribution >= 4 is 11.6 Å². The summed E-state index contributed by atoms with van der Waals surface area (Å²) in [4.78, 5) is 11.0. The molecule has 1 aliphatic rings. The number of hydrazine groups is 1. The maximum Gasteiger partial charge on any atom is 0.148 e. The zero-order chi connectivity index (χ0) is 13.1. The summed E-state index contributed by atoms with van der Waals surface area (Å²) >= 11 is 0. The summed E-state index contributed by atoms with van der Waals surface area (Å²) in [6.45, 7) is 8.88. The maximum atomic E-state index is 5.52. The van der Waals surface area contributed by atoms with Gasteiger partial charge in [-0.3, -0.25) is 0 Å². The van der Waals surface area contributed by atoms with E-state index >= 15 is 0 Å². The number of nitrogen functional groups attached to an aromatic ring is 1. The van der Waals surface area contributed by atoms with Crippen molar-refractivity contribution in [1.29, 1.82) is 0 Å². The molecule has 2 atom stereocenters. The highest BCUT2D eigenvalue weighted by Crippen LogP contribution is 2.29. The normalized spacial score (nSPS) is 24.1. The van der Waals surface area contributed by atoms with Gasteiger partial charge < -0.3 is 10.3 Å². The van der Waals surface area contributed by atoms with Crippen LogP contribution in [0.5, 0.6) is 0 Å². The molecular weight excluding hydrogens is 226 g/mol. The van der Waals surface area contributed by atoms with E-state index in [1.165, 1.54) is 6.42 Å². The molecule has 0 spiro atoms. The van der Waals surface area contributed by atoms with E-state index in [1.54, 1.807) is 6.33 Å². The second-order valence-corrected chi connectivity index (χ2v) is 5.21. The van der Waals surface area contributed by atoms with Gasteiger partial charge in [0.05, 0.1) is 0 Å². The van der Waals surface area contributed by atoms with Crippen LogP contribution in [-0.4, -0.2) is 23.1 Å². The van der Waals surface area contributed by atoms with Crippen molar-refractivity contribution in [3.8, 4) is 0 Å². The molecule has 0 aromatic carbocycles. The van der Waals surface area contributed by atoms with E-state index in [1.807, 2.05) is 0 Å². The molecule has 1 aromatic heterocycles. The lowest BCUT2D eigenvalue weighted by Gasteiger charge is -2.37. The Bertz CT molecular complexity index is 406. The zero-order valence-electron chi connectivity index (χ0n) is 11.5. The molecule has 0 radical (unpaired) electrons. The van der Waals surface area contributed by atoms with Crippen molar-refractivity contribution in [3.63, 3.8) is 0 Å². The van der Waals surface area contributed by atoms with Crippen molar-refractivity contribution in [2.75, 3.05) is 23.4 Å². The molecule has 0 bridgehead atoms. The summed E-state index contributed by atoms with van der Waals surface area (Å²) in [6, 6.07) is 0. The highest BCUT2D eigenvalue weighted by molar-refractivity contribution is 5.58. The van der Waals surface area contributed by atoms with Crippen LogP contribution in [0.3, 0.4) is 0 Å². The summed E-state index contributed by atoms with van der Waals surface area (Å²) in [5.41, 5.74) is 3.78. The van der Waals surface area contributed by atoms with Crippen molar-refractivity contribution in [2.24, 2.45) is 17.7 Å². The van der Waals surface area contributed by atoms with Gasteiger partial charge in [0.1, 0.15) is 18.0 Å². The van der Waals surface area contributed by atoms with Crippen LogP contribution >= 0.6 is 0 Å². The highest BCUT2D eigenvalue weighted by atomic mass is 15.3. The van der Waals surface area contributed by atoms with E-state index in [2.05, 4.69) is 41.1 Å². The number of piperidine rings is 1. The van der Waals surface area contributed by atoms with Crippen molar-refractivity contribution in [1.82, 2.24) is 9.97 Å². The minimum atomic E-state index is 0.702. The van der Waals surface area contributed by atoms with Gasteiger partial charge in [0.15, 0.2) is 0 Å². The van der Waals surface area contributed by atoms with Gasteiger partial charge in [-0.25, -0.2) is 15.8 Å². The molecule has 3 N–H and O–H groups in total. The van der Waals surface area contributed by atoms with Crippen LogP contribution < -0.4 is 16.2 Å². The molecule has 0 aliphatic carbocycles. The maximum absolute atomic E-state index is 5.52. The number of hydrogen-bond donors (Lipinski definition) is 2. The monoisotopic (exact) mass is 249 g/mol. The lowest BCUT2D eigenvalue weighted by Crippen LogP contribution is -2.39. The smallest absolute Gasteiger partial charge is 0.148 e. The van der Waals surface area contributed by atoms with Crippen molar-refractivity contribution in [3.05, 3.63) is 11.9 Å². The van der Waals surface area contributed by atoms with Gasteiger partial charge in [-0.1, -0.05) is 20.8 Å². The molecule has 1 aromatic rings. The zero-order valence-corrected chi connectivity index (χ0v) is 11.5.